The van der Waals surface area contributed by atoms with Gasteiger partial charge in [0.1, 0.15) is 0 Å². The monoisotopic (exact) mass is 241 g/mol. The van der Waals surface area contributed by atoms with E-state index in [0.29, 0.717) is 11.5 Å². The summed E-state index contributed by atoms with van der Waals surface area (Å²) in [4.78, 5) is 0.177. The van der Waals surface area contributed by atoms with Crippen LogP contribution in [0.2, 0.25) is 0 Å². The third-order valence-corrected chi connectivity index (χ3v) is 4.44. The molecule has 16 heavy (non-hydrogen) atoms. The van der Waals surface area contributed by atoms with E-state index in [1.807, 2.05) is 6.92 Å². The van der Waals surface area contributed by atoms with Crippen molar-refractivity contribution in [2.45, 2.75) is 30.9 Å². The summed E-state index contributed by atoms with van der Waals surface area (Å²) in [7, 11) is -3.48. The first kappa shape index (κ1) is 11.6. The Kier molecular flexibility index (Phi) is 3.01. The number of nitrogens with one attached hydrogen (secondary N) is 1. The Hall–Kier alpha value is -0.910. The zero-order valence-electron chi connectivity index (χ0n) is 9.05. The molecule has 1 aliphatic carbocycles. The number of benzene rings is 1. The number of aliphatic hydroxyl groups is 1. The van der Waals surface area contributed by atoms with E-state index in [1.54, 1.807) is 18.2 Å². The van der Waals surface area contributed by atoms with Crippen molar-refractivity contribution >= 4 is 10.0 Å². The summed E-state index contributed by atoms with van der Waals surface area (Å²) in [6.07, 6.45) is 0.889. The van der Waals surface area contributed by atoms with E-state index < -0.39 is 10.0 Å². The Morgan fingerprint density at radius 3 is 2.62 bits per heavy atom. The Balaban J connectivity index is 2.28. The Morgan fingerprint density at radius 2 is 2.06 bits per heavy atom. The first-order chi connectivity index (χ1) is 7.54. The summed E-state index contributed by atoms with van der Waals surface area (Å²) >= 11 is 0. The minimum Gasteiger partial charge on any atom is -0.392 e. The van der Waals surface area contributed by atoms with Crippen molar-refractivity contribution < 1.29 is 13.5 Å². The van der Waals surface area contributed by atoms with Crippen LogP contribution in [0.1, 0.15) is 18.9 Å². The zero-order chi connectivity index (χ0) is 11.8. The highest BCUT2D eigenvalue weighted by atomic mass is 32.2. The van der Waals surface area contributed by atoms with Gasteiger partial charge < -0.3 is 5.11 Å². The molecule has 4 nitrogen and oxygen atoms in total. The molecule has 0 amide bonds. The summed E-state index contributed by atoms with van der Waals surface area (Å²) in [6, 6.07) is 6.55. The van der Waals surface area contributed by atoms with E-state index in [2.05, 4.69) is 4.72 Å². The van der Waals surface area contributed by atoms with Gasteiger partial charge in [0.25, 0.3) is 0 Å². The number of rotatable bonds is 4. The molecule has 0 radical (unpaired) electrons. The van der Waals surface area contributed by atoms with Crippen LogP contribution in [0.15, 0.2) is 29.2 Å². The van der Waals surface area contributed by atoms with Crippen LogP contribution in [-0.2, 0) is 16.6 Å². The lowest BCUT2D eigenvalue weighted by atomic mass is 10.2. The van der Waals surface area contributed by atoms with E-state index in [9.17, 15) is 8.42 Å². The number of hydrogen-bond donors (Lipinski definition) is 2. The predicted molar refractivity (Wildman–Crippen MR) is 60.3 cm³/mol. The van der Waals surface area contributed by atoms with Crippen molar-refractivity contribution in [3.8, 4) is 0 Å². The van der Waals surface area contributed by atoms with Gasteiger partial charge >= 0.3 is 0 Å². The SMILES string of the molecule is CC1CC1NS(=O)(=O)c1ccccc1CO. The van der Waals surface area contributed by atoms with Gasteiger partial charge in [-0.2, -0.15) is 0 Å². The maximum atomic E-state index is 12.0. The third kappa shape index (κ3) is 2.26. The molecule has 1 aromatic carbocycles. The van der Waals surface area contributed by atoms with Crippen molar-refractivity contribution in [2.24, 2.45) is 5.92 Å². The molecule has 1 aromatic rings. The fraction of sp³-hybridized carbons (Fsp3) is 0.455. The summed E-state index contributed by atoms with van der Waals surface area (Å²) in [5.74, 6) is 0.413. The molecule has 0 bridgehead atoms. The van der Waals surface area contributed by atoms with Gasteiger partial charge in [-0.1, -0.05) is 25.1 Å². The van der Waals surface area contributed by atoms with Gasteiger partial charge in [-0.15, -0.1) is 0 Å². The van der Waals surface area contributed by atoms with Gasteiger partial charge in [0.05, 0.1) is 11.5 Å². The van der Waals surface area contributed by atoms with Crippen LogP contribution in [0.5, 0.6) is 0 Å². The summed E-state index contributed by atoms with van der Waals surface area (Å²) in [5.41, 5.74) is 0.434. The molecule has 0 heterocycles. The molecule has 1 fully saturated rings. The van der Waals surface area contributed by atoms with E-state index in [-0.39, 0.29) is 17.5 Å². The molecule has 1 aliphatic rings. The highest BCUT2D eigenvalue weighted by Gasteiger charge is 2.36. The average molecular weight is 241 g/mol. The highest BCUT2D eigenvalue weighted by molar-refractivity contribution is 7.89. The van der Waals surface area contributed by atoms with Crippen molar-refractivity contribution in [3.05, 3.63) is 29.8 Å². The van der Waals surface area contributed by atoms with Crippen molar-refractivity contribution in [3.63, 3.8) is 0 Å². The smallest absolute Gasteiger partial charge is 0.241 e. The lowest BCUT2D eigenvalue weighted by Crippen LogP contribution is -2.27. The fourth-order valence-electron chi connectivity index (χ4n) is 1.65. The minimum absolute atomic E-state index is 0.0525. The second-order valence-electron chi connectivity index (χ2n) is 4.21. The first-order valence-electron chi connectivity index (χ1n) is 5.25. The molecular weight excluding hydrogens is 226 g/mol. The molecule has 88 valence electrons. The highest BCUT2D eigenvalue weighted by Crippen LogP contribution is 2.31. The molecule has 0 aliphatic heterocycles. The second-order valence-corrected chi connectivity index (χ2v) is 5.89. The first-order valence-corrected chi connectivity index (χ1v) is 6.74. The Bertz CT molecular complexity index is 484. The molecule has 2 atom stereocenters. The van der Waals surface area contributed by atoms with Crippen LogP contribution in [0.25, 0.3) is 0 Å². The van der Waals surface area contributed by atoms with Gasteiger partial charge in [0.15, 0.2) is 0 Å². The molecule has 1 saturated carbocycles. The van der Waals surface area contributed by atoms with Gasteiger partial charge in [-0.3, -0.25) is 0 Å². The Morgan fingerprint density at radius 1 is 1.44 bits per heavy atom. The van der Waals surface area contributed by atoms with Gasteiger partial charge in [0.2, 0.25) is 10.0 Å². The number of sulfonamides is 1. The summed E-state index contributed by atoms with van der Waals surface area (Å²) < 4.78 is 26.6. The van der Waals surface area contributed by atoms with Crippen molar-refractivity contribution in [1.29, 1.82) is 0 Å². The van der Waals surface area contributed by atoms with Crippen LogP contribution in [0.4, 0.5) is 0 Å². The van der Waals surface area contributed by atoms with E-state index >= 15 is 0 Å². The summed E-state index contributed by atoms with van der Waals surface area (Å²) in [6.45, 7) is 1.74. The zero-order valence-corrected chi connectivity index (χ0v) is 9.87. The molecule has 5 heteroatoms. The standard InChI is InChI=1S/C11H15NO3S/c1-8-6-10(8)12-16(14,15)11-5-3-2-4-9(11)7-13/h2-5,8,10,12-13H,6-7H2,1H3. The topological polar surface area (TPSA) is 66.4 Å². The normalized spacial score (nSPS) is 24.4. The molecule has 2 N–H and O–H groups in total. The molecule has 2 rings (SSSR count). The molecule has 0 saturated heterocycles. The maximum absolute atomic E-state index is 12.0. The number of hydrogen-bond acceptors (Lipinski definition) is 3. The number of aliphatic hydroxyl groups excluding tert-OH is 1. The molecule has 2 unspecified atom stereocenters. The van der Waals surface area contributed by atoms with E-state index in [1.165, 1.54) is 6.07 Å². The van der Waals surface area contributed by atoms with Crippen LogP contribution in [-0.4, -0.2) is 19.6 Å². The average Bonchev–Trinajstić information content (AvgIpc) is 2.93. The van der Waals surface area contributed by atoms with Crippen LogP contribution >= 0.6 is 0 Å². The lowest BCUT2D eigenvalue weighted by Gasteiger charge is -2.09. The second kappa shape index (κ2) is 4.16. The predicted octanol–water partition coefficient (Wildman–Crippen LogP) is 0.866. The minimum atomic E-state index is -3.48. The van der Waals surface area contributed by atoms with E-state index in [4.69, 9.17) is 5.11 Å². The largest absolute Gasteiger partial charge is 0.392 e. The van der Waals surface area contributed by atoms with Gasteiger partial charge in [-0.05, 0) is 24.0 Å². The van der Waals surface area contributed by atoms with Crippen LogP contribution in [0.3, 0.4) is 0 Å². The van der Waals surface area contributed by atoms with Gasteiger partial charge in [0, 0.05) is 6.04 Å². The molecule has 0 aromatic heterocycles. The third-order valence-electron chi connectivity index (χ3n) is 2.85. The van der Waals surface area contributed by atoms with Crippen LogP contribution < -0.4 is 4.72 Å². The quantitative estimate of drug-likeness (QED) is 0.822. The fourth-order valence-corrected chi connectivity index (χ4v) is 3.24. The van der Waals surface area contributed by atoms with Crippen molar-refractivity contribution in [2.75, 3.05) is 0 Å². The Labute approximate surface area is 95.4 Å². The van der Waals surface area contributed by atoms with Gasteiger partial charge in [-0.25, -0.2) is 13.1 Å². The molecular formula is C11H15NO3S. The molecule has 0 spiro atoms. The van der Waals surface area contributed by atoms with E-state index in [0.717, 1.165) is 6.42 Å². The summed E-state index contributed by atoms with van der Waals surface area (Å²) in [5, 5.41) is 9.09. The lowest BCUT2D eigenvalue weighted by molar-refractivity contribution is 0.278. The van der Waals surface area contributed by atoms with Crippen LogP contribution in [0, 0.1) is 5.92 Å². The maximum Gasteiger partial charge on any atom is 0.241 e. The van der Waals surface area contributed by atoms with Crippen molar-refractivity contribution in [1.82, 2.24) is 4.72 Å².